The van der Waals surface area contributed by atoms with Crippen LogP contribution < -0.4 is 15.2 Å². The average Bonchev–Trinajstić information content (AvgIpc) is 2.48. The van der Waals surface area contributed by atoms with Crippen molar-refractivity contribution in [2.45, 2.75) is 55.5 Å². The number of ether oxygens (including phenoxy) is 1. The Labute approximate surface area is 125 Å². The highest BCUT2D eigenvalue weighted by atomic mass is 32.2. The van der Waals surface area contributed by atoms with Crippen molar-refractivity contribution in [3.05, 3.63) is 23.8 Å². The van der Waals surface area contributed by atoms with Crippen LogP contribution in [-0.4, -0.2) is 21.1 Å². The molecule has 1 aromatic carbocycles. The van der Waals surface area contributed by atoms with Gasteiger partial charge in [0.1, 0.15) is 5.75 Å². The van der Waals surface area contributed by atoms with E-state index < -0.39 is 10.0 Å². The molecular formula is C15H22N2O3S. The number of rotatable bonds is 3. The minimum atomic E-state index is -3.48. The van der Waals surface area contributed by atoms with Crippen LogP contribution in [0.3, 0.4) is 0 Å². The summed E-state index contributed by atoms with van der Waals surface area (Å²) in [5, 5.41) is 0. The van der Waals surface area contributed by atoms with Gasteiger partial charge >= 0.3 is 0 Å². The molecule has 6 heteroatoms. The van der Waals surface area contributed by atoms with Crippen molar-refractivity contribution in [1.29, 1.82) is 0 Å². The van der Waals surface area contributed by atoms with Crippen LogP contribution >= 0.6 is 0 Å². The maximum atomic E-state index is 12.5. The Morgan fingerprint density at radius 3 is 2.67 bits per heavy atom. The van der Waals surface area contributed by atoms with Gasteiger partial charge in [-0.1, -0.05) is 19.3 Å². The summed E-state index contributed by atoms with van der Waals surface area (Å²) in [6.45, 7) is 0.584. The second kappa shape index (κ2) is 5.94. The van der Waals surface area contributed by atoms with E-state index in [0.29, 0.717) is 18.8 Å². The summed E-state index contributed by atoms with van der Waals surface area (Å²) in [7, 11) is -3.48. The van der Waals surface area contributed by atoms with Crippen molar-refractivity contribution in [2.24, 2.45) is 5.73 Å². The van der Waals surface area contributed by atoms with Gasteiger partial charge in [-0.25, -0.2) is 13.1 Å². The molecular weight excluding hydrogens is 288 g/mol. The van der Waals surface area contributed by atoms with E-state index in [-0.39, 0.29) is 17.0 Å². The van der Waals surface area contributed by atoms with Gasteiger partial charge in [0.15, 0.2) is 0 Å². The zero-order valence-electron chi connectivity index (χ0n) is 12.0. The normalized spacial score (nSPS) is 23.4. The molecule has 0 saturated heterocycles. The van der Waals surface area contributed by atoms with E-state index >= 15 is 0 Å². The third kappa shape index (κ3) is 3.22. The first-order valence-corrected chi connectivity index (χ1v) is 9.09. The number of hydrogen-bond donors (Lipinski definition) is 2. The van der Waals surface area contributed by atoms with E-state index in [1.807, 2.05) is 0 Å². The maximum Gasteiger partial charge on any atom is 0.240 e. The smallest absolute Gasteiger partial charge is 0.240 e. The number of nitrogens with one attached hydrogen (secondary N) is 1. The van der Waals surface area contributed by atoms with Crippen LogP contribution in [0.5, 0.6) is 5.75 Å². The molecule has 0 amide bonds. The molecule has 1 heterocycles. The molecule has 1 atom stereocenters. The third-order valence-electron chi connectivity index (χ3n) is 4.30. The Morgan fingerprint density at radius 2 is 1.90 bits per heavy atom. The molecule has 1 unspecified atom stereocenters. The zero-order valence-corrected chi connectivity index (χ0v) is 12.9. The summed E-state index contributed by atoms with van der Waals surface area (Å²) in [6, 6.07) is 4.87. The maximum absolute atomic E-state index is 12.5. The fraction of sp³-hybridized carbons (Fsp3) is 0.600. The summed E-state index contributed by atoms with van der Waals surface area (Å²) in [5.41, 5.74) is 6.83. The van der Waals surface area contributed by atoms with Crippen molar-refractivity contribution in [3.8, 4) is 5.75 Å². The lowest BCUT2D eigenvalue weighted by molar-refractivity contribution is 0.268. The molecule has 1 aromatic rings. The van der Waals surface area contributed by atoms with Crippen LogP contribution in [0.1, 0.15) is 50.1 Å². The molecule has 1 aliphatic heterocycles. The average molecular weight is 310 g/mol. The lowest BCUT2D eigenvalue weighted by Crippen LogP contribution is -2.36. The lowest BCUT2D eigenvalue weighted by Gasteiger charge is -2.25. The highest BCUT2D eigenvalue weighted by Crippen LogP contribution is 2.32. The summed E-state index contributed by atoms with van der Waals surface area (Å²) in [6.07, 6.45) is 5.95. The van der Waals surface area contributed by atoms with Crippen molar-refractivity contribution < 1.29 is 13.2 Å². The minimum absolute atomic E-state index is 0.0599. The number of nitrogens with two attached hydrogens (primary N) is 1. The third-order valence-corrected chi connectivity index (χ3v) is 5.82. The van der Waals surface area contributed by atoms with Crippen LogP contribution in [0.2, 0.25) is 0 Å². The molecule has 21 heavy (non-hydrogen) atoms. The Kier molecular flexibility index (Phi) is 4.19. The molecule has 2 aliphatic rings. The fourth-order valence-electron chi connectivity index (χ4n) is 3.07. The van der Waals surface area contributed by atoms with Crippen LogP contribution in [0, 0.1) is 0 Å². The van der Waals surface area contributed by atoms with Crippen LogP contribution in [0.4, 0.5) is 0 Å². The quantitative estimate of drug-likeness (QED) is 0.895. The number of benzene rings is 1. The molecule has 5 nitrogen and oxygen atoms in total. The molecule has 0 aromatic heterocycles. The topological polar surface area (TPSA) is 81.4 Å². The highest BCUT2D eigenvalue weighted by Gasteiger charge is 2.25. The van der Waals surface area contributed by atoms with E-state index in [2.05, 4.69) is 4.72 Å². The lowest BCUT2D eigenvalue weighted by atomic mass is 9.96. The number of sulfonamides is 1. The van der Waals surface area contributed by atoms with Gasteiger partial charge < -0.3 is 10.5 Å². The van der Waals surface area contributed by atoms with Crippen LogP contribution in [0.15, 0.2) is 23.1 Å². The first-order valence-electron chi connectivity index (χ1n) is 7.61. The summed E-state index contributed by atoms with van der Waals surface area (Å²) >= 11 is 0. The largest absolute Gasteiger partial charge is 0.493 e. The summed E-state index contributed by atoms with van der Waals surface area (Å²) in [5.74, 6) is 0.699. The standard InChI is InChI=1S/C15H22N2O3S/c16-14-8-9-20-15-7-6-12(10-13(14)15)21(18,19)17-11-4-2-1-3-5-11/h6-7,10-11,14,17H,1-5,8-9,16H2. The van der Waals surface area contributed by atoms with Crippen molar-refractivity contribution in [3.63, 3.8) is 0 Å². The molecule has 0 bridgehead atoms. The van der Waals surface area contributed by atoms with E-state index in [4.69, 9.17) is 10.5 Å². The Bertz CT molecular complexity index is 609. The first kappa shape index (κ1) is 14.8. The van der Waals surface area contributed by atoms with Gasteiger partial charge in [0.05, 0.1) is 11.5 Å². The fourth-order valence-corrected chi connectivity index (χ4v) is 4.41. The van der Waals surface area contributed by atoms with Crippen LogP contribution in [-0.2, 0) is 10.0 Å². The monoisotopic (exact) mass is 310 g/mol. The minimum Gasteiger partial charge on any atom is -0.493 e. The number of hydrogen-bond acceptors (Lipinski definition) is 4. The molecule has 1 fully saturated rings. The van der Waals surface area contributed by atoms with Crippen molar-refractivity contribution in [1.82, 2.24) is 4.72 Å². The van der Waals surface area contributed by atoms with Gasteiger partial charge in [-0.05, 0) is 31.0 Å². The predicted molar refractivity (Wildman–Crippen MR) is 80.7 cm³/mol. The van der Waals surface area contributed by atoms with Gasteiger partial charge in [-0.2, -0.15) is 0 Å². The van der Waals surface area contributed by atoms with Crippen LogP contribution in [0.25, 0.3) is 0 Å². The Morgan fingerprint density at radius 1 is 1.14 bits per heavy atom. The van der Waals surface area contributed by atoms with Crippen molar-refractivity contribution >= 4 is 10.0 Å². The molecule has 0 spiro atoms. The Balaban J connectivity index is 1.83. The predicted octanol–water partition coefficient (Wildman–Crippen LogP) is 2.08. The van der Waals surface area contributed by atoms with E-state index in [9.17, 15) is 8.42 Å². The highest BCUT2D eigenvalue weighted by molar-refractivity contribution is 7.89. The molecule has 3 rings (SSSR count). The molecule has 1 aliphatic carbocycles. The second-order valence-corrected chi connectivity index (χ2v) is 7.61. The number of fused-ring (bicyclic) bond motifs is 1. The first-order chi connectivity index (χ1) is 10.1. The van der Waals surface area contributed by atoms with Gasteiger partial charge in [0, 0.05) is 24.1 Å². The van der Waals surface area contributed by atoms with Gasteiger partial charge in [-0.3, -0.25) is 0 Å². The summed E-state index contributed by atoms with van der Waals surface area (Å²) in [4.78, 5) is 0.285. The molecule has 3 N–H and O–H groups in total. The SMILES string of the molecule is NC1CCOc2ccc(S(=O)(=O)NC3CCCCC3)cc21. The van der Waals surface area contributed by atoms with Gasteiger partial charge in [0.25, 0.3) is 0 Å². The zero-order chi connectivity index (χ0) is 14.9. The van der Waals surface area contributed by atoms with Gasteiger partial charge in [-0.15, -0.1) is 0 Å². The molecule has 116 valence electrons. The molecule has 0 radical (unpaired) electrons. The van der Waals surface area contributed by atoms with E-state index in [0.717, 1.165) is 31.2 Å². The van der Waals surface area contributed by atoms with E-state index in [1.54, 1.807) is 18.2 Å². The van der Waals surface area contributed by atoms with E-state index in [1.165, 1.54) is 6.42 Å². The summed E-state index contributed by atoms with van der Waals surface area (Å²) < 4.78 is 33.3. The second-order valence-electron chi connectivity index (χ2n) is 5.90. The van der Waals surface area contributed by atoms with Crippen molar-refractivity contribution in [2.75, 3.05) is 6.61 Å². The Hall–Kier alpha value is -1.11. The molecule has 1 saturated carbocycles. The van der Waals surface area contributed by atoms with Gasteiger partial charge in [0.2, 0.25) is 10.0 Å².